The highest BCUT2D eigenvalue weighted by atomic mass is 16.1. The molecule has 0 saturated heterocycles. The van der Waals surface area contributed by atoms with E-state index in [2.05, 4.69) is 26.5 Å². The van der Waals surface area contributed by atoms with Gasteiger partial charge in [-0.1, -0.05) is 17.2 Å². The van der Waals surface area contributed by atoms with Gasteiger partial charge in [-0.25, -0.2) is 0 Å². The van der Waals surface area contributed by atoms with Gasteiger partial charge in [0.15, 0.2) is 0 Å². The molecule has 0 heterocycles. The molecule has 0 atom stereocenters. The average molecular weight is 194 g/mol. The molecule has 0 rings (SSSR count). The Morgan fingerprint density at radius 3 is 2.29 bits per heavy atom. The molecule has 0 fully saturated rings. The van der Waals surface area contributed by atoms with Crippen LogP contribution < -0.4 is 0 Å². The van der Waals surface area contributed by atoms with Crippen molar-refractivity contribution in [1.82, 2.24) is 0 Å². The van der Waals surface area contributed by atoms with E-state index in [4.69, 9.17) is 0 Å². The summed E-state index contributed by atoms with van der Waals surface area (Å²) in [5.74, 6) is 0.291. The third-order valence-corrected chi connectivity index (χ3v) is 2.16. The van der Waals surface area contributed by atoms with Crippen molar-refractivity contribution in [3.63, 3.8) is 0 Å². The Bertz CT molecular complexity index is 223. The van der Waals surface area contributed by atoms with Gasteiger partial charge in [0.2, 0.25) is 0 Å². The Labute approximate surface area is 87.9 Å². The number of hydrogen-bond donors (Lipinski definition) is 0. The van der Waals surface area contributed by atoms with Gasteiger partial charge in [-0.15, -0.1) is 6.58 Å². The lowest BCUT2D eigenvalue weighted by Crippen LogP contribution is -1.89. The highest BCUT2D eigenvalue weighted by molar-refractivity contribution is 5.75. The normalized spacial score (nSPS) is 11.5. The van der Waals surface area contributed by atoms with Crippen LogP contribution in [0.5, 0.6) is 0 Å². The quantitative estimate of drug-likeness (QED) is 0.559. The maximum atomic E-state index is 10.7. The Balaban J connectivity index is 3.56. The third-order valence-electron chi connectivity index (χ3n) is 2.16. The van der Waals surface area contributed by atoms with Gasteiger partial charge in [0.05, 0.1) is 0 Å². The molecule has 0 unspecified atom stereocenters. The number of carbonyl (C=O) groups is 1. The summed E-state index contributed by atoms with van der Waals surface area (Å²) in [5.41, 5.74) is 2.63. The van der Waals surface area contributed by atoms with Crippen LogP contribution in [0.4, 0.5) is 0 Å². The molecule has 0 saturated carbocycles. The number of allylic oxidation sites excluding steroid dienone is 3. The minimum atomic E-state index is 0.291. The molecule has 0 aliphatic heterocycles. The molecule has 0 bridgehead atoms. The van der Waals surface area contributed by atoms with Crippen LogP contribution in [0.15, 0.2) is 23.8 Å². The van der Waals surface area contributed by atoms with E-state index in [1.807, 2.05) is 0 Å². The standard InChI is InChI=1S/C13H22O/c1-11(2)7-5-8-12(3)9-6-10-13(4)14/h8H,1,5-7,9-10H2,2-4H3/b12-8+. The van der Waals surface area contributed by atoms with Gasteiger partial charge in [-0.3, -0.25) is 0 Å². The van der Waals surface area contributed by atoms with Crippen LogP contribution in [0.2, 0.25) is 0 Å². The summed E-state index contributed by atoms with van der Waals surface area (Å²) in [5, 5.41) is 0. The summed E-state index contributed by atoms with van der Waals surface area (Å²) in [6.45, 7) is 9.71. The number of Topliss-reactive ketones (excluding diaryl/α,β-unsaturated/α-hetero) is 1. The van der Waals surface area contributed by atoms with E-state index < -0.39 is 0 Å². The minimum Gasteiger partial charge on any atom is -0.300 e. The van der Waals surface area contributed by atoms with Crippen LogP contribution in [-0.2, 0) is 4.79 Å². The summed E-state index contributed by atoms with van der Waals surface area (Å²) in [6, 6.07) is 0. The van der Waals surface area contributed by atoms with Crippen LogP contribution in [0.25, 0.3) is 0 Å². The Morgan fingerprint density at radius 2 is 1.79 bits per heavy atom. The number of rotatable bonds is 7. The van der Waals surface area contributed by atoms with Gasteiger partial charge >= 0.3 is 0 Å². The highest BCUT2D eigenvalue weighted by Gasteiger charge is 1.94. The predicted molar refractivity (Wildman–Crippen MR) is 62.3 cm³/mol. The van der Waals surface area contributed by atoms with Gasteiger partial charge in [0.25, 0.3) is 0 Å². The van der Waals surface area contributed by atoms with Crippen molar-refractivity contribution in [2.45, 2.75) is 52.9 Å². The van der Waals surface area contributed by atoms with Gasteiger partial charge in [0.1, 0.15) is 5.78 Å². The molecule has 0 N–H and O–H groups in total. The SMILES string of the molecule is C=C(C)CC/C=C(\C)CCCC(C)=O. The fraction of sp³-hybridized carbons (Fsp3) is 0.615. The predicted octanol–water partition coefficient (Wildman–Crippen LogP) is 4.05. The zero-order valence-electron chi connectivity index (χ0n) is 9.73. The number of hydrogen-bond acceptors (Lipinski definition) is 1. The molecule has 0 amide bonds. The maximum absolute atomic E-state index is 10.7. The van der Waals surface area contributed by atoms with Gasteiger partial charge in [-0.2, -0.15) is 0 Å². The lowest BCUT2D eigenvalue weighted by atomic mass is 10.1. The number of carbonyl (C=O) groups excluding carboxylic acids is 1. The molecular formula is C13H22O. The van der Waals surface area contributed by atoms with Crippen molar-refractivity contribution in [3.8, 4) is 0 Å². The first kappa shape index (κ1) is 13.2. The first-order valence-electron chi connectivity index (χ1n) is 5.32. The summed E-state index contributed by atoms with van der Waals surface area (Å²) in [7, 11) is 0. The fourth-order valence-corrected chi connectivity index (χ4v) is 1.28. The van der Waals surface area contributed by atoms with Crippen molar-refractivity contribution >= 4 is 5.78 Å². The van der Waals surface area contributed by atoms with Gasteiger partial charge < -0.3 is 4.79 Å². The van der Waals surface area contributed by atoms with E-state index in [-0.39, 0.29) is 0 Å². The topological polar surface area (TPSA) is 17.1 Å². The van der Waals surface area contributed by atoms with Crippen molar-refractivity contribution in [3.05, 3.63) is 23.8 Å². The lowest BCUT2D eigenvalue weighted by Gasteiger charge is -2.00. The van der Waals surface area contributed by atoms with E-state index in [1.54, 1.807) is 6.92 Å². The monoisotopic (exact) mass is 194 g/mol. The van der Waals surface area contributed by atoms with Gasteiger partial charge in [0, 0.05) is 6.42 Å². The summed E-state index contributed by atoms with van der Waals surface area (Å²) < 4.78 is 0. The molecule has 80 valence electrons. The first-order valence-corrected chi connectivity index (χ1v) is 5.32. The van der Waals surface area contributed by atoms with E-state index in [9.17, 15) is 4.79 Å². The highest BCUT2D eigenvalue weighted by Crippen LogP contribution is 2.10. The van der Waals surface area contributed by atoms with E-state index in [0.29, 0.717) is 12.2 Å². The maximum Gasteiger partial charge on any atom is 0.129 e. The van der Waals surface area contributed by atoms with Gasteiger partial charge in [-0.05, 0) is 46.5 Å². The van der Waals surface area contributed by atoms with Crippen molar-refractivity contribution < 1.29 is 4.79 Å². The van der Waals surface area contributed by atoms with Crippen LogP contribution in [0.3, 0.4) is 0 Å². The summed E-state index contributed by atoms with van der Waals surface area (Å²) in [4.78, 5) is 10.7. The Hall–Kier alpha value is -0.850. The van der Waals surface area contributed by atoms with E-state index >= 15 is 0 Å². The molecule has 0 radical (unpaired) electrons. The fourth-order valence-electron chi connectivity index (χ4n) is 1.28. The minimum absolute atomic E-state index is 0.291. The largest absolute Gasteiger partial charge is 0.300 e. The Morgan fingerprint density at radius 1 is 1.14 bits per heavy atom. The molecule has 0 aliphatic rings. The molecule has 0 aromatic rings. The van der Waals surface area contributed by atoms with E-state index in [1.165, 1.54) is 11.1 Å². The summed E-state index contributed by atoms with van der Waals surface area (Å²) >= 11 is 0. The molecular weight excluding hydrogens is 172 g/mol. The van der Waals surface area contributed by atoms with Crippen molar-refractivity contribution in [2.75, 3.05) is 0 Å². The second kappa shape index (κ2) is 7.54. The van der Waals surface area contributed by atoms with Crippen LogP contribution in [0.1, 0.15) is 52.9 Å². The second-order valence-electron chi connectivity index (χ2n) is 4.10. The molecule has 0 aliphatic carbocycles. The molecule has 0 spiro atoms. The van der Waals surface area contributed by atoms with E-state index in [0.717, 1.165) is 25.7 Å². The third kappa shape index (κ3) is 9.24. The van der Waals surface area contributed by atoms with Crippen molar-refractivity contribution in [2.24, 2.45) is 0 Å². The first-order chi connectivity index (χ1) is 6.52. The molecule has 1 heteroatoms. The lowest BCUT2D eigenvalue weighted by molar-refractivity contribution is -0.117. The Kier molecular flexibility index (Phi) is 7.09. The van der Waals surface area contributed by atoms with Crippen LogP contribution in [-0.4, -0.2) is 5.78 Å². The molecule has 1 nitrogen and oxygen atoms in total. The molecule has 14 heavy (non-hydrogen) atoms. The molecule has 0 aromatic carbocycles. The second-order valence-corrected chi connectivity index (χ2v) is 4.10. The van der Waals surface area contributed by atoms with Crippen LogP contribution in [0, 0.1) is 0 Å². The van der Waals surface area contributed by atoms with Crippen molar-refractivity contribution in [1.29, 1.82) is 0 Å². The number of ketones is 1. The zero-order valence-corrected chi connectivity index (χ0v) is 9.73. The zero-order chi connectivity index (χ0) is 11.0. The molecule has 0 aromatic heterocycles. The smallest absolute Gasteiger partial charge is 0.129 e. The summed E-state index contributed by atoms with van der Waals surface area (Å²) in [6.07, 6.45) is 7.17. The average Bonchev–Trinajstić information content (AvgIpc) is 2.02. The van der Waals surface area contributed by atoms with Crippen LogP contribution >= 0.6 is 0 Å².